The van der Waals surface area contributed by atoms with E-state index in [-0.39, 0.29) is 24.4 Å². The molecule has 2 fully saturated rings. The lowest BCUT2D eigenvalue weighted by Gasteiger charge is -2.46. The van der Waals surface area contributed by atoms with Crippen LogP contribution >= 0.6 is 11.6 Å². The molecule has 4 unspecified atom stereocenters. The van der Waals surface area contributed by atoms with E-state index in [9.17, 15) is 14.7 Å². The lowest BCUT2D eigenvalue weighted by atomic mass is 9.85. The van der Waals surface area contributed by atoms with Gasteiger partial charge in [0.05, 0.1) is 25.7 Å². The van der Waals surface area contributed by atoms with Crippen molar-refractivity contribution in [1.82, 2.24) is 9.80 Å². The van der Waals surface area contributed by atoms with Gasteiger partial charge in [-0.2, -0.15) is 0 Å². The maximum absolute atomic E-state index is 13.4. The van der Waals surface area contributed by atoms with Crippen LogP contribution in [0.2, 0.25) is 5.02 Å². The van der Waals surface area contributed by atoms with Crippen LogP contribution in [0.5, 0.6) is 0 Å². The van der Waals surface area contributed by atoms with Crippen LogP contribution < -0.4 is 0 Å². The first-order chi connectivity index (χ1) is 13.9. The number of morpholine rings is 1. The highest BCUT2D eigenvalue weighted by Gasteiger charge is 2.41. The number of amides is 1. The topological polar surface area (TPSA) is 70.1 Å². The first kappa shape index (κ1) is 22.1. The number of carbonyl (C=O) groups is 2. The van der Waals surface area contributed by atoms with E-state index in [2.05, 4.69) is 18.7 Å². The fraction of sp³-hybridized carbons (Fsp3) is 0.636. The number of piperidine rings is 1. The smallest absolute Gasteiger partial charge is 0.304 e. The number of likely N-dealkylation sites (tertiary alicyclic amines) is 1. The molecule has 2 heterocycles. The number of carbonyl (C=O) groups excluding carboxylic acids is 1. The normalized spacial score (nSPS) is 27.1. The van der Waals surface area contributed by atoms with Gasteiger partial charge in [-0.15, -0.1) is 0 Å². The molecule has 1 amide bonds. The molecule has 4 atom stereocenters. The molecule has 6 nitrogen and oxygen atoms in total. The molecule has 3 rings (SSSR count). The second-order valence-corrected chi connectivity index (χ2v) is 8.60. The second kappa shape index (κ2) is 9.92. The van der Waals surface area contributed by atoms with Gasteiger partial charge in [0.2, 0.25) is 5.91 Å². The molecule has 7 heteroatoms. The van der Waals surface area contributed by atoms with Crippen LogP contribution in [0.15, 0.2) is 24.3 Å². The number of hydrogen-bond acceptors (Lipinski definition) is 4. The molecule has 0 saturated carbocycles. The molecule has 1 N–H and O–H groups in total. The summed E-state index contributed by atoms with van der Waals surface area (Å²) in [6.07, 6.45) is 2.08. The first-order valence-electron chi connectivity index (χ1n) is 10.5. The van der Waals surface area contributed by atoms with Gasteiger partial charge < -0.3 is 14.7 Å². The summed E-state index contributed by atoms with van der Waals surface area (Å²) in [6, 6.07) is 7.96. The molecule has 1 aromatic carbocycles. The van der Waals surface area contributed by atoms with Crippen molar-refractivity contribution >= 4 is 23.5 Å². The molecule has 0 spiro atoms. The van der Waals surface area contributed by atoms with E-state index in [0.717, 1.165) is 31.5 Å². The number of ether oxygens (including phenoxy) is 1. The zero-order chi connectivity index (χ0) is 21.0. The number of rotatable bonds is 7. The Morgan fingerprint density at radius 3 is 2.66 bits per heavy atom. The van der Waals surface area contributed by atoms with Crippen LogP contribution in [0, 0.1) is 5.92 Å². The summed E-state index contributed by atoms with van der Waals surface area (Å²) >= 11 is 6.07. The molecule has 29 heavy (non-hydrogen) atoms. The average molecular weight is 423 g/mol. The Labute approximate surface area is 177 Å². The summed E-state index contributed by atoms with van der Waals surface area (Å²) < 4.78 is 5.56. The molecule has 160 valence electrons. The molecule has 0 radical (unpaired) electrons. The van der Waals surface area contributed by atoms with Crippen molar-refractivity contribution in [3.05, 3.63) is 34.9 Å². The minimum Gasteiger partial charge on any atom is -0.481 e. The lowest BCUT2D eigenvalue weighted by molar-refractivity contribution is -0.152. The maximum atomic E-state index is 13.4. The summed E-state index contributed by atoms with van der Waals surface area (Å²) in [5.74, 6) is -1.40. The van der Waals surface area contributed by atoms with Crippen LogP contribution in [0.25, 0.3) is 0 Å². The van der Waals surface area contributed by atoms with Gasteiger partial charge in [-0.05, 0) is 43.9 Å². The van der Waals surface area contributed by atoms with E-state index in [1.54, 1.807) is 0 Å². The largest absolute Gasteiger partial charge is 0.481 e. The van der Waals surface area contributed by atoms with E-state index in [4.69, 9.17) is 16.3 Å². The summed E-state index contributed by atoms with van der Waals surface area (Å²) in [5.41, 5.74) is 1.06. The van der Waals surface area contributed by atoms with Gasteiger partial charge in [0, 0.05) is 36.1 Å². The Hall–Kier alpha value is -1.63. The molecule has 0 bridgehead atoms. The van der Waals surface area contributed by atoms with Gasteiger partial charge in [-0.25, -0.2) is 0 Å². The van der Waals surface area contributed by atoms with E-state index in [1.807, 2.05) is 29.2 Å². The Kier molecular flexibility index (Phi) is 7.55. The second-order valence-electron chi connectivity index (χ2n) is 8.17. The Balaban J connectivity index is 1.87. The number of hydrogen-bond donors (Lipinski definition) is 1. The standard InChI is InChI=1S/C22H31ClN2O4/c1-3-19(13-24-10-11-29-14-15(24)2)25-20(16-4-7-18(23)8-5-16)9-6-17(22(25)28)12-21(26)27/h4-5,7-8,15,17,19-20H,3,6,9-14H2,1-2H3,(H,26,27). The number of nitrogens with zero attached hydrogens (tertiary/aromatic N) is 2. The molecule has 2 saturated heterocycles. The van der Waals surface area contributed by atoms with E-state index >= 15 is 0 Å². The minimum absolute atomic E-state index is 0.0281. The van der Waals surface area contributed by atoms with E-state index in [0.29, 0.717) is 30.7 Å². The van der Waals surface area contributed by atoms with Gasteiger partial charge in [0.25, 0.3) is 0 Å². The zero-order valence-electron chi connectivity index (χ0n) is 17.2. The monoisotopic (exact) mass is 422 g/mol. The zero-order valence-corrected chi connectivity index (χ0v) is 18.0. The van der Waals surface area contributed by atoms with Crippen molar-refractivity contribution in [1.29, 1.82) is 0 Å². The average Bonchev–Trinajstić information content (AvgIpc) is 2.70. The molecular weight excluding hydrogens is 392 g/mol. The Morgan fingerprint density at radius 2 is 2.03 bits per heavy atom. The van der Waals surface area contributed by atoms with Crippen LogP contribution in [0.1, 0.15) is 51.1 Å². The summed E-state index contributed by atoms with van der Waals surface area (Å²) in [5, 5.41) is 9.93. The molecule has 2 aliphatic rings. The summed E-state index contributed by atoms with van der Waals surface area (Å²) in [6.45, 7) is 7.28. The van der Waals surface area contributed by atoms with E-state index < -0.39 is 11.9 Å². The fourth-order valence-corrected chi connectivity index (χ4v) is 4.68. The van der Waals surface area contributed by atoms with Crippen LogP contribution in [0.4, 0.5) is 0 Å². The predicted molar refractivity (Wildman–Crippen MR) is 112 cm³/mol. The SMILES string of the molecule is CCC(CN1CCOCC1C)N1C(=O)C(CC(=O)O)CCC1c1ccc(Cl)cc1. The van der Waals surface area contributed by atoms with Crippen molar-refractivity contribution in [2.24, 2.45) is 5.92 Å². The number of carboxylic acids is 1. The van der Waals surface area contributed by atoms with E-state index in [1.165, 1.54) is 0 Å². The molecule has 0 aromatic heterocycles. The minimum atomic E-state index is -0.914. The van der Waals surface area contributed by atoms with Crippen molar-refractivity contribution in [3.8, 4) is 0 Å². The maximum Gasteiger partial charge on any atom is 0.304 e. The van der Waals surface area contributed by atoms with Gasteiger partial charge in [0.15, 0.2) is 0 Å². The Bertz CT molecular complexity index is 711. The third-order valence-electron chi connectivity index (χ3n) is 6.22. The van der Waals surface area contributed by atoms with Gasteiger partial charge in [0.1, 0.15) is 0 Å². The quantitative estimate of drug-likeness (QED) is 0.727. The van der Waals surface area contributed by atoms with Crippen molar-refractivity contribution in [3.63, 3.8) is 0 Å². The highest BCUT2D eigenvalue weighted by atomic mass is 35.5. The van der Waals surface area contributed by atoms with Crippen molar-refractivity contribution < 1.29 is 19.4 Å². The van der Waals surface area contributed by atoms with Crippen LogP contribution in [-0.2, 0) is 14.3 Å². The van der Waals surface area contributed by atoms with Gasteiger partial charge >= 0.3 is 5.97 Å². The van der Waals surface area contributed by atoms with Gasteiger partial charge in [-0.1, -0.05) is 30.7 Å². The van der Waals surface area contributed by atoms with Crippen LogP contribution in [-0.4, -0.2) is 65.2 Å². The predicted octanol–water partition coefficient (Wildman–Crippen LogP) is 3.59. The summed E-state index contributed by atoms with van der Waals surface area (Å²) in [4.78, 5) is 29.1. The number of halogens is 1. The molecule has 0 aliphatic carbocycles. The van der Waals surface area contributed by atoms with Crippen molar-refractivity contribution in [2.45, 2.75) is 57.7 Å². The molecule has 2 aliphatic heterocycles. The number of aliphatic carboxylic acids is 1. The molecule has 1 aromatic rings. The highest BCUT2D eigenvalue weighted by Crippen LogP contribution is 2.38. The third-order valence-corrected chi connectivity index (χ3v) is 6.47. The first-order valence-corrected chi connectivity index (χ1v) is 10.9. The van der Waals surface area contributed by atoms with Crippen LogP contribution in [0.3, 0.4) is 0 Å². The highest BCUT2D eigenvalue weighted by molar-refractivity contribution is 6.30. The van der Waals surface area contributed by atoms with Crippen molar-refractivity contribution in [2.75, 3.05) is 26.3 Å². The van der Waals surface area contributed by atoms with Gasteiger partial charge in [-0.3, -0.25) is 14.5 Å². The molecular formula is C22H31ClN2O4. The Morgan fingerprint density at radius 1 is 1.31 bits per heavy atom. The number of carboxylic acid groups (broad SMARTS) is 1. The third kappa shape index (κ3) is 5.30. The lowest BCUT2D eigenvalue weighted by Crippen LogP contribution is -2.55. The number of benzene rings is 1. The summed E-state index contributed by atoms with van der Waals surface area (Å²) in [7, 11) is 0. The fourth-order valence-electron chi connectivity index (χ4n) is 4.55.